The topological polar surface area (TPSA) is 358 Å². The number of hydrogen-bond donors (Lipinski definition) is 9. The molecule has 1 heterocycles. The molecule has 0 bridgehead atoms. The van der Waals surface area contributed by atoms with Crippen molar-refractivity contribution in [3.05, 3.63) is 65.2 Å². The molecule has 4 atom stereocenters. The summed E-state index contributed by atoms with van der Waals surface area (Å²) >= 11 is -3.58. The number of unbranched alkanes of at least 4 members (excludes halogenated alkanes) is 4. The van der Waals surface area contributed by atoms with E-state index in [1.54, 1.807) is 42.5 Å². The van der Waals surface area contributed by atoms with Crippen LogP contribution in [0.25, 0.3) is 0 Å². The molecule has 1 aliphatic rings. The molecule has 1 saturated heterocycles. The molecule has 2 aromatic carbocycles. The zero-order valence-corrected chi connectivity index (χ0v) is 46.2. The molecule has 416 valence electrons. The third-order valence-electron chi connectivity index (χ3n) is 12.9. The van der Waals surface area contributed by atoms with Crippen molar-refractivity contribution in [1.82, 2.24) is 31.6 Å². The number of carbonyl (C=O) groups is 12. The van der Waals surface area contributed by atoms with Gasteiger partial charge >= 0.3 is 304 Å². The van der Waals surface area contributed by atoms with Gasteiger partial charge in [0.05, 0.1) is 0 Å². The molecule has 0 saturated carbocycles. The van der Waals surface area contributed by atoms with Crippen LogP contribution in [0.2, 0.25) is 13.3 Å². The van der Waals surface area contributed by atoms with E-state index in [0.29, 0.717) is 17.0 Å². The molecule has 1 fully saturated rings. The number of carboxylic acid groups (broad SMARTS) is 4. The van der Waals surface area contributed by atoms with Gasteiger partial charge in [0.2, 0.25) is 5.91 Å². The Balaban J connectivity index is 1.96. The molecule has 3 rings (SSSR count). The quantitative estimate of drug-likeness (QED) is 0.0266. The van der Waals surface area contributed by atoms with E-state index in [0.717, 1.165) is 55.4 Å². The normalized spacial score (nSPS) is 13.9. The third-order valence-corrected chi connectivity index (χ3v) is 28.5. The van der Waals surface area contributed by atoms with Crippen molar-refractivity contribution < 1.29 is 82.8 Å². The Morgan fingerprint density at radius 3 is 1.43 bits per heavy atom. The Kier molecular flexibility index (Phi) is 27.1. The zero-order valence-electron chi connectivity index (χ0n) is 43.3. The predicted molar refractivity (Wildman–Crippen MR) is 275 cm³/mol. The van der Waals surface area contributed by atoms with Crippen molar-refractivity contribution in [2.75, 3.05) is 6.54 Å². The molecule has 9 N–H and O–H groups in total. The summed E-state index contributed by atoms with van der Waals surface area (Å²) in [5.41, 5.74) is 0.128. The van der Waals surface area contributed by atoms with Gasteiger partial charge in [-0.15, -0.1) is 0 Å². The average Bonchev–Trinajstić information content (AvgIpc) is 3.70. The second kappa shape index (κ2) is 32.5. The molecular formula is C52H72N6O17Sn. The van der Waals surface area contributed by atoms with Gasteiger partial charge in [0, 0.05) is 18.5 Å². The summed E-state index contributed by atoms with van der Waals surface area (Å²) in [5, 5.41) is 51.2. The molecule has 76 heavy (non-hydrogen) atoms. The number of imide groups is 1. The van der Waals surface area contributed by atoms with Crippen molar-refractivity contribution in [1.29, 1.82) is 0 Å². The Morgan fingerprint density at radius 2 is 0.987 bits per heavy atom. The molecule has 24 heteroatoms. The fourth-order valence-corrected chi connectivity index (χ4v) is 24.7. The standard InChI is InChI=1S/C40H45N6O17.3C4H9.Sn/c47-29-15-16-30(48)46(29)63-40(62)24-10-6-9-23(21-24)35(56)42-25(12-17-31(49)50)36(57)43-26(13-18-32(51)52)37(58)44-27(14-19-33(53)54)38(59)45-28(39(60)61)11-4-5-20-41-34(55)22-7-2-1-3-8-22;3*1-3-4-2;/h1-3,7-10,21,25-28H,4-5,11-20H2,(H,41,55)(H,42,56)(H,43,57)(H,44,58)(H,45,59)(H,49,50)(H,51,52)(H,53,54)(H,60,61);3*1,3-4H2,2H3;/t25-,26-,27-,28-;;;;/m1..../s1. The van der Waals surface area contributed by atoms with Crippen LogP contribution in [0.5, 0.6) is 0 Å². The fraction of sp³-hybridized carbons (Fsp3) is 0.538. The first-order valence-electron chi connectivity index (χ1n) is 25.8. The molecule has 2 aromatic rings. The van der Waals surface area contributed by atoms with E-state index in [4.69, 9.17) is 4.84 Å². The van der Waals surface area contributed by atoms with Crippen LogP contribution in [-0.4, -0.2) is 146 Å². The van der Waals surface area contributed by atoms with Crippen LogP contribution in [0, 0.1) is 0 Å². The van der Waals surface area contributed by atoms with Gasteiger partial charge in [0.25, 0.3) is 5.91 Å². The molecule has 0 aromatic heterocycles. The number of hydrogen-bond acceptors (Lipinski definition) is 13. The summed E-state index contributed by atoms with van der Waals surface area (Å²) in [6.07, 6.45) is 1.34. The third kappa shape index (κ3) is 21.0. The monoisotopic (exact) mass is 1170 g/mol. The summed E-state index contributed by atoms with van der Waals surface area (Å²) in [5.74, 6) is -13.0. The molecule has 23 nitrogen and oxygen atoms in total. The molecule has 0 spiro atoms. The van der Waals surface area contributed by atoms with Gasteiger partial charge in [-0.2, -0.15) is 0 Å². The molecule has 0 unspecified atom stereocenters. The van der Waals surface area contributed by atoms with Crippen molar-refractivity contribution in [2.24, 2.45) is 0 Å². The minimum atomic E-state index is -3.58. The molecule has 7 amide bonds. The second-order valence-corrected chi connectivity index (χ2v) is 32.1. The number of carbonyl (C=O) groups excluding carboxylic acids is 8. The Bertz CT molecular complexity index is 2360. The first kappa shape index (κ1) is 63.4. The molecule has 1 aliphatic heterocycles. The summed E-state index contributed by atoms with van der Waals surface area (Å²) in [4.78, 5) is 160. The van der Waals surface area contributed by atoms with Gasteiger partial charge in [-0.3, -0.25) is 19.2 Å². The first-order chi connectivity index (χ1) is 36.1. The predicted octanol–water partition coefficient (Wildman–Crippen LogP) is 3.80. The van der Waals surface area contributed by atoms with Crippen molar-refractivity contribution in [3.63, 3.8) is 0 Å². The van der Waals surface area contributed by atoms with Crippen LogP contribution < -0.4 is 30.2 Å². The van der Waals surface area contributed by atoms with Crippen LogP contribution in [0.1, 0.15) is 161 Å². The van der Waals surface area contributed by atoms with Gasteiger partial charge in [0.1, 0.15) is 6.04 Å². The van der Waals surface area contributed by atoms with Gasteiger partial charge in [-0.1, -0.05) is 18.2 Å². The van der Waals surface area contributed by atoms with E-state index in [1.165, 1.54) is 6.07 Å². The number of nitrogens with zero attached hydrogens (tertiary/aromatic N) is 1. The number of amides is 7. The Hall–Kier alpha value is -6.92. The number of benzene rings is 2. The van der Waals surface area contributed by atoms with Crippen molar-refractivity contribution in [3.8, 4) is 0 Å². The van der Waals surface area contributed by atoms with Gasteiger partial charge < -0.3 is 26.0 Å². The second-order valence-electron chi connectivity index (χ2n) is 18.8. The van der Waals surface area contributed by atoms with E-state index >= 15 is 0 Å². The van der Waals surface area contributed by atoms with E-state index in [2.05, 4.69) is 47.4 Å². The van der Waals surface area contributed by atoms with Crippen LogP contribution in [0.4, 0.5) is 0 Å². The van der Waals surface area contributed by atoms with E-state index in [1.807, 2.05) is 0 Å². The summed E-state index contributed by atoms with van der Waals surface area (Å²) in [6, 6.07) is 6.00. The van der Waals surface area contributed by atoms with Crippen LogP contribution >= 0.6 is 0 Å². The fourth-order valence-electron chi connectivity index (χ4n) is 8.62. The Labute approximate surface area is 444 Å². The number of rotatable bonds is 36. The molecule has 0 radical (unpaired) electrons. The van der Waals surface area contributed by atoms with Gasteiger partial charge in [0.15, 0.2) is 0 Å². The minimum absolute atomic E-state index is 0.135. The molecule has 0 aliphatic carbocycles. The first-order valence-corrected chi connectivity index (χ1v) is 33.3. The van der Waals surface area contributed by atoms with Gasteiger partial charge in [-0.25, -0.2) is 4.79 Å². The van der Waals surface area contributed by atoms with E-state index < -0.39 is 146 Å². The maximum absolute atomic E-state index is 14.5. The van der Waals surface area contributed by atoms with Gasteiger partial charge in [-0.05, 0) is 37.8 Å². The van der Waals surface area contributed by atoms with E-state index in [9.17, 15) is 78.0 Å². The van der Waals surface area contributed by atoms with Crippen LogP contribution in [-0.2, 0) is 48.0 Å². The van der Waals surface area contributed by atoms with Crippen LogP contribution in [0.3, 0.4) is 0 Å². The number of nitrogens with one attached hydrogen (secondary N) is 5. The zero-order chi connectivity index (χ0) is 56.4. The number of hydroxylamine groups is 2. The summed E-state index contributed by atoms with van der Waals surface area (Å²) in [7, 11) is 0. The van der Waals surface area contributed by atoms with Crippen molar-refractivity contribution in [2.45, 2.75) is 167 Å². The summed E-state index contributed by atoms with van der Waals surface area (Å²) < 4.78 is 3.39. The summed E-state index contributed by atoms with van der Waals surface area (Å²) in [6.45, 7) is 6.34. The average molecular weight is 1170 g/mol. The van der Waals surface area contributed by atoms with Crippen LogP contribution in [0.15, 0.2) is 48.5 Å². The Morgan fingerprint density at radius 1 is 0.539 bits per heavy atom. The SMILES string of the molecule is CCC[CH2][Sn]([CH2]CCC)([CH2]CCC)[c]1cc(C(=O)N[C@H](CCC(=O)O)C(=O)N[C@H](CCC(=O)O)C(=O)N[C@H](CCC(=O)O)C(=O)N[C@H](CCCCNC(=O)c2ccccc2)C(=O)O)cc(C(=O)ON2C(=O)CCC2=O)c1. The molecular weight excluding hydrogens is 1100 g/mol. The van der Waals surface area contributed by atoms with E-state index in [-0.39, 0.29) is 49.3 Å². The number of aliphatic carboxylic acids is 4. The number of carboxylic acids is 4. The maximum atomic E-state index is 14.5. The van der Waals surface area contributed by atoms with Crippen molar-refractivity contribution >= 4 is 93.2 Å².